The summed E-state index contributed by atoms with van der Waals surface area (Å²) in [5.74, 6) is -0.495. The van der Waals surface area contributed by atoms with Crippen LogP contribution in [0.4, 0.5) is 4.39 Å². The van der Waals surface area contributed by atoms with Gasteiger partial charge in [0.2, 0.25) is 0 Å². The van der Waals surface area contributed by atoms with E-state index in [4.69, 9.17) is 0 Å². The fourth-order valence-corrected chi connectivity index (χ4v) is 2.54. The van der Waals surface area contributed by atoms with Gasteiger partial charge in [0.25, 0.3) is 5.91 Å². The van der Waals surface area contributed by atoms with Crippen LogP contribution < -0.4 is 0 Å². The predicted molar refractivity (Wildman–Crippen MR) is 70.4 cm³/mol. The van der Waals surface area contributed by atoms with Gasteiger partial charge in [-0.2, -0.15) is 0 Å². The summed E-state index contributed by atoms with van der Waals surface area (Å²) >= 11 is 0. The van der Waals surface area contributed by atoms with E-state index in [9.17, 15) is 14.3 Å². The Kier molecular flexibility index (Phi) is 2.57. The molecule has 0 aromatic heterocycles. The molecule has 1 amide bonds. The van der Waals surface area contributed by atoms with Crippen LogP contribution in [-0.4, -0.2) is 34.6 Å². The van der Waals surface area contributed by atoms with Gasteiger partial charge in [-0.25, -0.2) is 4.39 Å². The Morgan fingerprint density at radius 2 is 1.84 bits per heavy atom. The first-order valence-electron chi connectivity index (χ1n) is 6.17. The number of halogens is 1. The number of carbonyl (C=O) groups excluding carboxylic acids is 1. The standard InChI is InChI=1S/C15H14FNO2/c1-15(19)8-17(9-15)14(18)12-6-7-13(16)11-5-3-2-4-10(11)12/h2-7,19H,8-9H2,1H3. The summed E-state index contributed by atoms with van der Waals surface area (Å²) in [5.41, 5.74) is -0.321. The van der Waals surface area contributed by atoms with Crippen molar-refractivity contribution in [2.75, 3.05) is 13.1 Å². The lowest BCUT2D eigenvalue weighted by Gasteiger charge is -2.44. The van der Waals surface area contributed by atoms with E-state index in [-0.39, 0.29) is 11.7 Å². The number of hydrogen-bond acceptors (Lipinski definition) is 2. The van der Waals surface area contributed by atoms with Crippen LogP contribution in [0.1, 0.15) is 17.3 Å². The lowest BCUT2D eigenvalue weighted by Crippen LogP contribution is -2.61. The fraction of sp³-hybridized carbons (Fsp3) is 0.267. The van der Waals surface area contributed by atoms with E-state index in [0.29, 0.717) is 29.4 Å². The molecule has 3 nitrogen and oxygen atoms in total. The third kappa shape index (κ3) is 1.98. The van der Waals surface area contributed by atoms with Gasteiger partial charge in [0.1, 0.15) is 5.82 Å². The summed E-state index contributed by atoms with van der Waals surface area (Å²) in [7, 11) is 0. The first-order valence-corrected chi connectivity index (χ1v) is 6.17. The van der Waals surface area contributed by atoms with E-state index in [1.807, 2.05) is 0 Å². The Morgan fingerprint density at radius 3 is 2.47 bits per heavy atom. The first-order chi connectivity index (χ1) is 8.98. The highest BCUT2D eigenvalue weighted by Gasteiger charge is 2.39. The van der Waals surface area contributed by atoms with Crippen LogP contribution in [0.25, 0.3) is 10.8 Å². The van der Waals surface area contributed by atoms with Gasteiger partial charge in [-0.3, -0.25) is 4.79 Å². The largest absolute Gasteiger partial charge is 0.386 e. The van der Waals surface area contributed by atoms with Crippen LogP contribution in [0.15, 0.2) is 36.4 Å². The molecule has 0 aliphatic carbocycles. The maximum absolute atomic E-state index is 13.7. The zero-order valence-corrected chi connectivity index (χ0v) is 10.6. The van der Waals surface area contributed by atoms with Crippen molar-refractivity contribution in [3.63, 3.8) is 0 Å². The molecule has 19 heavy (non-hydrogen) atoms. The van der Waals surface area contributed by atoms with Gasteiger partial charge in [0, 0.05) is 10.9 Å². The molecular weight excluding hydrogens is 245 g/mol. The highest BCUT2D eigenvalue weighted by molar-refractivity contribution is 6.07. The number of aliphatic hydroxyl groups is 1. The van der Waals surface area contributed by atoms with Crippen molar-refractivity contribution in [1.82, 2.24) is 4.90 Å². The number of nitrogens with zero attached hydrogens (tertiary/aromatic N) is 1. The second kappa shape index (κ2) is 4.03. The van der Waals surface area contributed by atoms with Crippen LogP contribution in [0.2, 0.25) is 0 Å². The molecule has 4 heteroatoms. The van der Waals surface area contributed by atoms with E-state index in [0.717, 1.165) is 0 Å². The Hall–Kier alpha value is -1.94. The molecule has 1 fully saturated rings. The number of likely N-dealkylation sites (tertiary alicyclic amines) is 1. The number of β-amino-alcohol motifs (C(OH)–C–C–N with tert-alkyl or cyclic N) is 1. The summed E-state index contributed by atoms with van der Waals surface area (Å²) < 4.78 is 13.7. The topological polar surface area (TPSA) is 40.5 Å². The molecule has 0 spiro atoms. The molecule has 0 unspecified atom stereocenters. The lowest BCUT2D eigenvalue weighted by atomic mass is 9.94. The molecule has 1 saturated heterocycles. The third-order valence-corrected chi connectivity index (χ3v) is 3.45. The number of carbonyl (C=O) groups is 1. The quantitative estimate of drug-likeness (QED) is 0.852. The van der Waals surface area contributed by atoms with E-state index < -0.39 is 5.60 Å². The average molecular weight is 259 g/mol. The molecule has 3 rings (SSSR count). The van der Waals surface area contributed by atoms with Crippen molar-refractivity contribution in [3.05, 3.63) is 47.8 Å². The molecule has 0 radical (unpaired) electrons. The smallest absolute Gasteiger partial charge is 0.254 e. The number of amides is 1. The van der Waals surface area contributed by atoms with Gasteiger partial charge in [-0.05, 0) is 24.4 Å². The minimum Gasteiger partial charge on any atom is -0.386 e. The predicted octanol–water partition coefficient (Wildman–Crippen LogP) is 2.19. The van der Waals surface area contributed by atoms with Crippen LogP contribution >= 0.6 is 0 Å². The minimum absolute atomic E-state index is 0.164. The van der Waals surface area contributed by atoms with Gasteiger partial charge < -0.3 is 10.0 Å². The van der Waals surface area contributed by atoms with Crippen molar-refractivity contribution in [3.8, 4) is 0 Å². The molecule has 1 aliphatic rings. The monoisotopic (exact) mass is 259 g/mol. The lowest BCUT2D eigenvalue weighted by molar-refractivity contribution is -0.0668. The van der Waals surface area contributed by atoms with E-state index in [2.05, 4.69) is 0 Å². The van der Waals surface area contributed by atoms with Gasteiger partial charge >= 0.3 is 0 Å². The SMILES string of the molecule is CC1(O)CN(C(=O)c2ccc(F)c3ccccc23)C1. The maximum atomic E-state index is 13.7. The summed E-state index contributed by atoms with van der Waals surface area (Å²) in [4.78, 5) is 13.9. The normalized spacial score (nSPS) is 17.3. The summed E-state index contributed by atoms with van der Waals surface area (Å²) in [6, 6.07) is 9.75. The van der Waals surface area contributed by atoms with Crippen molar-refractivity contribution < 1.29 is 14.3 Å². The van der Waals surface area contributed by atoms with Crippen LogP contribution in [0.5, 0.6) is 0 Å². The first kappa shape index (κ1) is 12.1. The molecule has 1 heterocycles. The average Bonchev–Trinajstić information content (AvgIpc) is 2.36. The second-order valence-corrected chi connectivity index (χ2v) is 5.30. The molecule has 98 valence electrons. The van der Waals surface area contributed by atoms with Crippen LogP contribution in [0, 0.1) is 5.82 Å². The Balaban J connectivity index is 2.02. The molecule has 2 aromatic carbocycles. The van der Waals surface area contributed by atoms with Gasteiger partial charge in [0.15, 0.2) is 0 Å². The van der Waals surface area contributed by atoms with Gasteiger partial charge in [0.05, 0.1) is 18.7 Å². The van der Waals surface area contributed by atoms with Gasteiger partial charge in [-0.1, -0.05) is 24.3 Å². The third-order valence-electron chi connectivity index (χ3n) is 3.45. The molecular formula is C15H14FNO2. The number of hydrogen-bond donors (Lipinski definition) is 1. The zero-order valence-electron chi connectivity index (χ0n) is 10.6. The van der Waals surface area contributed by atoms with Crippen LogP contribution in [0.3, 0.4) is 0 Å². The van der Waals surface area contributed by atoms with E-state index >= 15 is 0 Å². The van der Waals surface area contributed by atoms with E-state index in [1.54, 1.807) is 36.1 Å². The molecule has 0 saturated carbocycles. The Bertz CT molecular complexity index is 658. The molecule has 0 bridgehead atoms. The van der Waals surface area contributed by atoms with Crippen LogP contribution in [-0.2, 0) is 0 Å². The Morgan fingerprint density at radius 1 is 1.21 bits per heavy atom. The molecule has 2 aromatic rings. The number of benzene rings is 2. The van der Waals surface area contributed by atoms with E-state index in [1.165, 1.54) is 12.1 Å². The van der Waals surface area contributed by atoms with Crippen molar-refractivity contribution >= 4 is 16.7 Å². The number of fused-ring (bicyclic) bond motifs is 1. The minimum atomic E-state index is -0.800. The van der Waals surface area contributed by atoms with Crippen molar-refractivity contribution in [2.24, 2.45) is 0 Å². The zero-order chi connectivity index (χ0) is 13.6. The highest BCUT2D eigenvalue weighted by atomic mass is 19.1. The van der Waals surface area contributed by atoms with Gasteiger partial charge in [-0.15, -0.1) is 0 Å². The number of rotatable bonds is 1. The highest BCUT2D eigenvalue weighted by Crippen LogP contribution is 2.27. The van der Waals surface area contributed by atoms with Crippen molar-refractivity contribution in [2.45, 2.75) is 12.5 Å². The second-order valence-electron chi connectivity index (χ2n) is 5.30. The summed E-state index contributed by atoms with van der Waals surface area (Å²) in [6.45, 7) is 2.33. The fourth-order valence-electron chi connectivity index (χ4n) is 2.54. The molecule has 1 N–H and O–H groups in total. The van der Waals surface area contributed by atoms with Crippen molar-refractivity contribution in [1.29, 1.82) is 0 Å². The summed E-state index contributed by atoms with van der Waals surface area (Å²) in [6.07, 6.45) is 0. The molecule has 1 aliphatic heterocycles. The maximum Gasteiger partial charge on any atom is 0.254 e. The Labute approximate surface area is 110 Å². The summed E-state index contributed by atoms with van der Waals surface area (Å²) in [5, 5.41) is 10.7. The molecule has 0 atom stereocenters.